The Morgan fingerprint density at radius 1 is 1.32 bits per heavy atom. The van der Waals surface area contributed by atoms with Gasteiger partial charge in [-0.25, -0.2) is 9.37 Å². The van der Waals surface area contributed by atoms with Crippen molar-refractivity contribution < 1.29 is 9.13 Å². The van der Waals surface area contributed by atoms with Crippen LogP contribution in [0.5, 0.6) is 0 Å². The molecule has 1 saturated heterocycles. The van der Waals surface area contributed by atoms with E-state index in [-0.39, 0.29) is 35.8 Å². The van der Waals surface area contributed by atoms with E-state index in [4.69, 9.17) is 4.74 Å². The van der Waals surface area contributed by atoms with Gasteiger partial charge in [0.25, 0.3) is 0 Å². The van der Waals surface area contributed by atoms with Gasteiger partial charge in [-0.15, -0.1) is 24.0 Å². The number of anilines is 1. The molecule has 0 amide bonds. The SMILES string of the molecule is CN=C(NCc1cccc(COC)c1)NC1CCN(c2ncccc2F)C1.I. The van der Waals surface area contributed by atoms with Crippen LogP contribution >= 0.6 is 24.0 Å². The fourth-order valence-corrected chi connectivity index (χ4v) is 3.25. The zero-order chi connectivity index (χ0) is 19.1. The zero-order valence-corrected chi connectivity index (χ0v) is 18.5. The third-order valence-corrected chi connectivity index (χ3v) is 4.55. The number of hydrogen-bond acceptors (Lipinski definition) is 4. The number of nitrogens with zero attached hydrogens (tertiary/aromatic N) is 3. The maximum absolute atomic E-state index is 13.9. The molecule has 1 atom stereocenters. The number of rotatable bonds is 6. The van der Waals surface area contributed by atoms with Crippen molar-refractivity contribution >= 4 is 35.8 Å². The predicted octanol–water partition coefficient (Wildman–Crippen LogP) is 2.93. The normalized spacial score (nSPS) is 16.6. The van der Waals surface area contributed by atoms with Crippen molar-refractivity contribution in [3.05, 3.63) is 59.5 Å². The molecule has 2 N–H and O–H groups in total. The van der Waals surface area contributed by atoms with Crippen LogP contribution in [0.4, 0.5) is 10.2 Å². The summed E-state index contributed by atoms with van der Waals surface area (Å²) >= 11 is 0. The number of benzene rings is 1. The van der Waals surface area contributed by atoms with Crippen LogP contribution < -0.4 is 15.5 Å². The van der Waals surface area contributed by atoms with E-state index in [9.17, 15) is 4.39 Å². The van der Waals surface area contributed by atoms with Gasteiger partial charge in [-0.05, 0) is 29.7 Å². The highest BCUT2D eigenvalue weighted by molar-refractivity contribution is 14.0. The smallest absolute Gasteiger partial charge is 0.191 e. The molecule has 0 spiro atoms. The molecule has 1 unspecified atom stereocenters. The van der Waals surface area contributed by atoms with Crippen molar-refractivity contribution in [3.8, 4) is 0 Å². The fraction of sp³-hybridized carbons (Fsp3) is 0.400. The second-order valence-electron chi connectivity index (χ2n) is 6.56. The molecule has 1 aliphatic heterocycles. The first kappa shape index (κ1) is 22.4. The molecular formula is C20H27FIN5O. The van der Waals surface area contributed by atoms with Crippen LogP contribution in [0.2, 0.25) is 0 Å². The van der Waals surface area contributed by atoms with Crippen molar-refractivity contribution in [2.24, 2.45) is 4.99 Å². The fourth-order valence-electron chi connectivity index (χ4n) is 3.25. The quantitative estimate of drug-likeness (QED) is 0.364. The molecule has 0 radical (unpaired) electrons. The first-order valence-corrected chi connectivity index (χ1v) is 9.09. The molecule has 2 heterocycles. The first-order valence-electron chi connectivity index (χ1n) is 9.09. The summed E-state index contributed by atoms with van der Waals surface area (Å²) in [5, 5.41) is 6.75. The second-order valence-corrected chi connectivity index (χ2v) is 6.56. The topological polar surface area (TPSA) is 61.8 Å². The lowest BCUT2D eigenvalue weighted by molar-refractivity contribution is 0.185. The van der Waals surface area contributed by atoms with E-state index in [1.54, 1.807) is 26.4 Å². The summed E-state index contributed by atoms with van der Waals surface area (Å²) in [5.74, 6) is 0.872. The minimum absolute atomic E-state index is 0. The average molecular weight is 499 g/mol. The Labute approximate surface area is 182 Å². The highest BCUT2D eigenvalue weighted by atomic mass is 127. The summed E-state index contributed by atoms with van der Waals surface area (Å²) in [4.78, 5) is 10.4. The molecule has 0 saturated carbocycles. The van der Waals surface area contributed by atoms with Crippen molar-refractivity contribution in [3.63, 3.8) is 0 Å². The number of ether oxygens (including phenoxy) is 1. The van der Waals surface area contributed by atoms with Crippen LogP contribution in [0.1, 0.15) is 17.5 Å². The van der Waals surface area contributed by atoms with Gasteiger partial charge in [-0.2, -0.15) is 0 Å². The Morgan fingerprint density at radius 2 is 2.14 bits per heavy atom. The van der Waals surface area contributed by atoms with Crippen LogP contribution in [-0.2, 0) is 17.9 Å². The standard InChI is InChI=1S/C20H26FN5O.HI/c1-22-20(24-12-15-5-3-6-16(11-15)14-27-2)25-17-8-10-26(13-17)19-18(21)7-4-9-23-19;/h3-7,9,11,17H,8,10,12-14H2,1-2H3,(H2,22,24,25);1H. The summed E-state index contributed by atoms with van der Waals surface area (Å²) in [7, 11) is 3.44. The summed E-state index contributed by atoms with van der Waals surface area (Å²) < 4.78 is 19.1. The number of aromatic nitrogens is 1. The number of pyridine rings is 1. The third kappa shape index (κ3) is 6.03. The summed E-state index contributed by atoms with van der Waals surface area (Å²) in [6, 6.07) is 11.5. The number of aliphatic imine (C=N–C) groups is 1. The Kier molecular flexibility index (Phi) is 8.91. The summed E-state index contributed by atoms with van der Waals surface area (Å²) in [5.41, 5.74) is 2.31. The lowest BCUT2D eigenvalue weighted by Gasteiger charge is -2.20. The number of hydrogen-bond donors (Lipinski definition) is 2. The van der Waals surface area contributed by atoms with Gasteiger partial charge in [0.1, 0.15) is 0 Å². The number of guanidine groups is 1. The molecule has 8 heteroatoms. The lowest BCUT2D eigenvalue weighted by Crippen LogP contribution is -2.44. The highest BCUT2D eigenvalue weighted by Crippen LogP contribution is 2.20. The monoisotopic (exact) mass is 499 g/mol. The molecule has 152 valence electrons. The van der Waals surface area contributed by atoms with E-state index in [2.05, 4.69) is 32.7 Å². The highest BCUT2D eigenvalue weighted by Gasteiger charge is 2.25. The van der Waals surface area contributed by atoms with Gasteiger partial charge in [0.2, 0.25) is 0 Å². The van der Waals surface area contributed by atoms with Gasteiger partial charge in [0, 0.05) is 46.0 Å². The number of nitrogens with one attached hydrogen (secondary N) is 2. The molecule has 0 aliphatic carbocycles. The second kappa shape index (κ2) is 11.2. The van der Waals surface area contributed by atoms with Crippen molar-refractivity contribution in [2.75, 3.05) is 32.1 Å². The molecule has 3 rings (SSSR count). The number of halogens is 2. The van der Waals surface area contributed by atoms with Gasteiger partial charge < -0.3 is 20.3 Å². The van der Waals surface area contributed by atoms with Crippen LogP contribution in [0.3, 0.4) is 0 Å². The molecule has 1 aromatic heterocycles. The van der Waals surface area contributed by atoms with E-state index in [0.29, 0.717) is 25.5 Å². The Bertz CT molecular complexity index is 789. The van der Waals surface area contributed by atoms with Crippen LogP contribution in [0.15, 0.2) is 47.6 Å². The molecule has 6 nitrogen and oxygen atoms in total. The maximum atomic E-state index is 13.9. The molecule has 0 bridgehead atoms. The van der Waals surface area contributed by atoms with E-state index in [1.807, 2.05) is 17.0 Å². The van der Waals surface area contributed by atoms with Gasteiger partial charge in [-0.3, -0.25) is 4.99 Å². The Morgan fingerprint density at radius 3 is 2.89 bits per heavy atom. The van der Waals surface area contributed by atoms with Crippen molar-refractivity contribution in [1.82, 2.24) is 15.6 Å². The minimum Gasteiger partial charge on any atom is -0.380 e. The maximum Gasteiger partial charge on any atom is 0.191 e. The summed E-state index contributed by atoms with van der Waals surface area (Å²) in [6.07, 6.45) is 2.53. The average Bonchev–Trinajstić information content (AvgIpc) is 3.14. The molecule has 2 aromatic rings. The Hall–Kier alpha value is -1.94. The minimum atomic E-state index is -0.281. The van der Waals surface area contributed by atoms with Crippen LogP contribution in [-0.4, -0.2) is 44.2 Å². The first-order chi connectivity index (χ1) is 13.2. The van der Waals surface area contributed by atoms with E-state index < -0.39 is 0 Å². The number of methoxy groups -OCH3 is 1. The Balaban J connectivity index is 0.00000280. The predicted molar refractivity (Wildman–Crippen MR) is 121 cm³/mol. The van der Waals surface area contributed by atoms with Crippen molar-refractivity contribution in [2.45, 2.75) is 25.6 Å². The van der Waals surface area contributed by atoms with Gasteiger partial charge in [-0.1, -0.05) is 24.3 Å². The van der Waals surface area contributed by atoms with Gasteiger partial charge in [0.15, 0.2) is 17.6 Å². The third-order valence-electron chi connectivity index (χ3n) is 4.55. The largest absolute Gasteiger partial charge is 0.380 e. The van der Waals surface area contributed by atoms with E-state index >= 15 is 0 Å². The zero-order valence-electron chi connectivity index (χ0n) is 16.2. The van der Waals surface area contributed by atoms with E-state index in [1.165, 1.54) is 6.07 Å². The lowest BCUT2D eigenvalue weighted by atomic mass is 10.1. The van der Waals surface area contributed by atoms with Crippen LogP contribution in [0, 0.1) is 5.82 Å². The van der Waals surface area contributed by atoms with Crippen molar-refractivity contribution in [1.29, 1.82) is 0 Å². The van der Waals surface area contributed by atoms with Gasteiger partial charge >= 0.3 is 0 Å². The summed E-state index contributed by atoms with van der Waals surface area (Å²) in [6.45, 7) is 2.73. The molecule has 1 fully saturated rings. The molecular weight excluding hydrogens is 472 g/mol. The molecule has 28 heavy (non-hydrogen) atoms. The van der Waals surface area contributed by atoms with Crippen LogP contribution in [0.25, 0.3) is 0 Å². The molecule has 1 aromatic carbocycles. The van der Waals surface area contributed by atoms with Gasteiger partial charge in [0.05, 0.1) is 6.61 Å². The van der Waals surface area contributed by atoms with E-state index in [0.717, 1.165) is 30.1 Å². The molecule has 1 aliphatic rings.